The predicted octanol–water partition coefficient (Wildman–Crippen LogP) is 7.90. The Balaban J connectivity index is 1.91. The van der Waals surface area contributed by atoms with E-state index in [9.17, 15) is 9.90 Å². The van der Waals surface area contributed by atoms with Gasteiger partial charge in [0, 0.05) is 6.42 Å². The third-order valence-electron chi connectivity index (χ3n) is 11.1. The predicted molar refractivity (Wildman–Crippen MR) is 135 cm³/mol. The van der Waals surface area contributed by atoms with Crippen molar-refractivity contribution in [3.05, 3.63) is 23.8 Å². The molecule has 0 aliphatic heterocycles. The van der Waals surface area contributed by atoms with Crippen molar-refractivity contribution in [1.29, 1.82) is 0 Å². The lowest BCUT2D eigenvalue weighted by molar-refractivity contribution is -0.177. The van der Waals surface area contributed by atoms with Crippen molar-refractivity contribution < 1.29 is 9.90 Å². The highest BCUT2D eigenvalue weighted by molar-refractivity contribution is 5.49. The Hall–Kier alpha value is -0.890. The molecule has 0 aromatic rings. The second-order valence-corrected chi connectivity index (χ2v) is 13.0. The van der Waals surface area contributed by atoms with E-state index in [1.165, 1.54) is 43.3 Å². The Kier molecular flexibility index (Phi) is 7.27. The fourth-order valence-corrected chi connectivity index (χ4v) is 9.22. The molecule has 32 heavy (non-hydrogen) atoms. The van der Waals surface area contributed by atoms with E-state index in [4.69, 9.17) is 0 Å². The van der Waals surface area contributed by atoms with Crippen LogP contribution < -0.4 is 0 Å². The molecule has 3 saturated carbocycles. The first-order valence-corrected chi connectivity index (χ1v) is 13.3. The molecule has 3 aliphatic carbocycles. The molecule has 3 aliphatic rings. The van der Waals surface area contributed by atoms with Crippen LogP contribution in [0.4, 0.5) is 0 Å². The maximum absolute atomic E-state index is 11.6. The van der Waals surface area contributed by atoms with Gasteiger partial charge in [-0.05, 0) is 125 Å². The number of rotatable bonds is 8. The zero-order valence-electron chi connectivity index (χ0n) is 22.1. The van der Waals surface area contributed by atoms with Gasteiger partial charge in [0.2, 0.25) is 0 Å². The molecular formula is C30H50O2. The summed E-state index contributed by atoms with van der Waals surface area (Å²) < 4.78 is 0. The van der Waals surface area contributed by atoms with E-state index < -0.39 is 5.60 Å². The van der Waals surface area contributed by atoms with Gasteiger partial charge in [-0.2, -0.15) is 0 Å². The van der Waals surface area contributed by atoms with Crippen molar-refractivity contribution in [3.8, 4) is 0 Å². The van der Waals surface area contributed by atoms with Gasteiger partial charge in [-0.3, -0.25) is 0 Å². The van der Waals surface area contributed by atoms with Crippen molar-refractivity contribution in [2.24, 2.45) is 39.9 Å². The van der Waals surface area contributed by atoms with Crippen molar-refractivity contribution >= 4 is 6.29 Å². The molecule has 0 radical (unpaired) electrons. The molecule has 0 aromatic carbocycles. The second-order valence-electron chi connectivity index (χ2n) is 13.0. The van der Waals surface area contributed by atoms with Crippen LogP contribution in [0.5, 0.6) is 0 Å². The zero-order chi connectivity index (χ0) is 23.9. The summed E-state index contributed by atoms with van der Waals surface area (Å²) in [6.07, 6.45) is 14.2. The van der Waals surface area contributed by atoms with E-state index >= 15 is 0 Å². The van der Waals surface area contributed by atoms with E-state index in [0.29, 0.717) is 30.1 Å². The summed E-state index contributed by atoms with van der Waals surface area (Å²) in [4.78, 5) is 11.4. The van der Waals surface area contributed by atoms with Gasteiger partial charge in [0.1, 0.15) is 6.29 Å². The molecule has 0 unspecified atom stereocenters. The van der Waals surface area contributed by atoms with Crippen LogP contribution in [0.15, 0.2) is 23.8 Å². The van der Waals surface area contributed by atoms with Gasteiger partial charge >= 0.3 is 0 Å². The number of aliphatic hydroxyl groups is 1. The number of allylic oxidation sites excluding steroid dienone is 3. The summed E-state index contributed by atoms with van der Waals surface area (Å²) >= 11 is 0. The molecule has 0 aromatic heterocycles. The van der Waals surface area contributed by atoms with Crippen LogP contribution in [0.3, 0.4) is 0 Å². The summed E-state index contributed by atoms with van der Waals surface area (Å²) in [6.45, 7) is 20.6. The largest absolute Gasteiger partial charge is 0.390 e. The number of carbonyl (C=O) groups is 1. The highest BCUT2D eigenvalue weighted by Crippen LogP contribution is 2.74. The number of hydrogen-bond acceptors (Lipinski definition) is 2. The van der Waals surface area contributed by atoms with Gasteiger partial charge in [0.15, 0.2) is 0 Å². The van der Waals surface area contributed by atoms with E-state index in [0.717, 1.165) is 32.0 Å². The van der Waals surface area contributed by atoms with E-state index in [1.54, 1.807) is 0 Å². The van der Waals surface area contributed by atoms with E-state index in [-0.39, 0.29) is 16.2 Å². The first-order valence-electron chi connectivity index (χ1n) is 13.3. The molecular weight excluding hydrogens is 392 g/mol. The molecule has 8 atom stereocenters. The van der Waals surface area contributed by atoms with Crippen LogP contribution in [-0.2, 0) is 4.79 Å². The third kappa shape index (κ3) is 4.08. The summed E-state index contributed by atoms with van der Waals surface area (Å²) in [5.41, 5.74) is 2.74. The highest BCUT2D eigenvalue weighted by atomic mass is 16.3. The van der Waals surface area contributed by atoms with Crippen LogP contribution >= 0.6 is 0 Å². The Labute approximate surface area is 198 Å². The first-order chi connectivity index (χ1) is 14.8. The standard InChI is InChI=1S/C30H50O2/c1-21(2)11-9-17-30(8,32)25-15-18-28(6)24(25)12-13-26-27(5,16-10-20-31)23(22(3)4)14-19-29(26,28)7/h11,20,23-26,32H,3,9-10,12-19H2,1-2,4-8H3/t23-,24+,25-,26+,27-,28+,29+,30-/m0/s1. The molecule has 0 bridgehead atoms. The molecule has 182 valence electrons. The minimum Gasteiger partial charge on any atom is -0.390 e. The Morgan fingerprint density at radius 1 is 1.03 bits per heavy atom. The average Bonchev–Trinajstić information content (AvgIpc) is 3.05. The average molecular weight is 443 g/mol. The van der Waals surface area contributed by atoms with Gasteiger partial charge < -0.3 is 9.90 Å². The molecule has 2 heteroatoms. The lowest BCUT2D eigenvalue weighted by atomic mass is 9.38. The summed E-state index contributed by atoms with van der Waals surface area (Å²) in [7, 11) is 0. The molecule has 3 rings (SSSR count). The first kappa shape index (κ1) is 25.7. The lowest BCUT2D eigenvalue weighted by Crippen LogP contribution is -2.60. The van der Waals surface area contributed by atoms with E-state index in [2.05, 4.69) is 61.1 Å². The fourth-order valence-electron chi connectivity index (χ4n) is 9.22. The molecule has 0 heterocycles. The van der Waals surface area contributed by atoms with Crippen LogP contribution in [0.1, 0.15) is 113 Å². The number of carbonyl (C=O) groups excluding carboxylic acids is 1. The Morgan fingerprint density at radius 3 is 2.28 bits per heavy atom. The fraction of sp³-hybridized carbons (Fsp3) is 0.833. The van der Waals surface area contributed by atoms with Crippen molar-refractivity contribution in [3.63, 3.8) is 0 Å². The third-order valence-corrected chi connectivity index (χ3v) is 11.1. The van der Waals surface area contributed by atoms with Gasteiger partial charge in [-0.1, -0.05) is 44.6 Å². The minimum absolute atomic E-state index is 0.151. The minimum atomic E-state index is -0.590. The second kappa shape index (κ2) is 9.05. The van der Waals surface area contributed by atoms with Crippen LogP contribution in [0.2, 0.25) is 0 Å². The highest BCUT2D eigenvalue weighted by Gasteiger charge is 2.67. The lowest BCUT2D eigenvalue weighted by Gasteiger charge is -2.66. The van der Waals surface area contributed by atoms with Crippen molar-refractivity contribution in [2.45, 2.75) is 118 Å². The number of fused-ring (bicyclic) bond motifs is 3. The van der Waals surface area contributed by atoms with Gasteiger partial charge in [0.25, 0.3) is 0 Å². The SMILES string of the molecule is C=C(C)[C@@H]1CC[C@]2(C)[C@H](CC[C@@H]3[C@@H]([C@@](C)(O)CCC=C(C)C)CC[C@]32C)[C@@]1(C)CCC=O. The topological polar surface area (TPSA) is 37.3 Å². The van der Waals surface area contributed by atoms with E-state index in [1.807, 2.05) is 0 Å². The monoisotopic (exact) mass is 442 g/mol. The molecule has 0 spiro atoms. The van der Waals surface area contributed by atoms with Crippen molar-refractivity contribution in [1.82, 2.24) is 0 Å². The number of hydrogen-bond donors (Lipinski definition) is 1. The number of aldehydes is 1. The normalized spacial score (nSPS) is 43.0. The van der Waals surface area contributed by atoms with Crippen molar-refractivity contribution in [2.75, 3.05) is 0 Å². The van der Waals surface area contributed by atoms with Gasteiger partial charge in [-0.15, -0.1) is 0 Å². The molecule has 0 saturated heterocycles. The zero-order valence-corrected chi connectivity index (χ0v) is 22.1. The van der Waals surface area contributed by atoms with Crippen LogP contribution in [0, 0.1) is 39.9 Å². The maximum Gasteiger partial charge on any atom is 0.120 e. The van der Waals surface area contributed by atoms with Crippen LogP contribution in [0.25, 0.3) is 0 Å². The van der Waals surface area contributed by atoms with Crippen LogP contribution in [-0.4, -0.2) is 17.0 Å². The molecule has 3 fully saturated rings. The molecule has 2 nitrogen and oxygen atoms in total. The summed E-state index contributed by atoms with van der Waals surface area (Å²) in [6, 6.07) is 0. The quantitative estimate of drug-likeness (QED) is 0.306. The van der Waals surface area contributed by atoms with Gasteiger partial charge in [0.05, 0.1) is 5.60 Å². The van der Waals surface area contributed by atoms with Gasteiger partial charge in [-0.25, -0.2) is 0 Å². The Bertz CT molecular complexity index is 744. The smallest absolute Gasteiger partial charge is 0.120 e. The molecule has 1 N–H and O–H groups in total. The Morgan fingerprint density at radius 2 is 1.69 bits per heavy atom. The maximum atomic E-state index is 11.6. The summed E-state index contributed by atoms with van der Waals surface area (Å²) in [5.74, 6) is 2.14. The molecule has 0 amide bonds. The summed E-state index contributed by atoms with van der Waals surface area (Å²) in [5, 5.41) is 11.6.